The van der Waals surface area contributed by atoms with Crippen LogP contribution in [-0.4, -0.2) is 18.9 Å². The van der Waals surface area contributed by atoms with Crippen LogP contribution in [0.5, 0.6) is 5.75 Å². The van der Waals surface area contributed by atoms with Gasteiger partial charge in [0.25, 0.3) is 0 Å². The van der Waals surface area contributed by atoms with E-state index in [9.17, 15) is 13.2 Å². The lowest BCUT2D eigenvalue weighted by Gasteiger charge is -2.29. The molecule has 3 rings (SSSR count). The fraction of sp³-hybridized carbons (Fsp3) is 0.625. The summed E-state index contributed by atoms with van der Waals surface area (Å²) in [6.07, 6.45) is -2.15. The molecule has 1 aliphatic heterocycles. The van der Waals surface area contributed by atoms with Crippen LogP contribution in [0.25, 0.3) is 0 Å². The SMILES string of the molecule is FC(F)(F)C1CCC(OCc2cc(Cl)cc3c2OCC3)CC1. The van der Waals surface area contributed by atoms with Crippen molar-refractivity contribution in [1.29, 1.82) is 0 Å². The smallest absolute Gasteiger partial charge is 0.391 e. The molecule has 2 nitrogen and oxygen atoms in total. The van der Waals surface area contributed by atoms with Crippen molar-refractivity contribution in [3.63, 3.8) is 0 Å². The molecule has 1 aliphatic carbocycles. The van der Waals surface area contributed by atoms with Gasteiger partial charge in [0.15, 0.2) is 0 Å². The molecule has 0 unspecified atom stereocenters. The molecule has 0 bridgehead atoms. The van der Waals surface area contributed by atoms with Crippen molar-refractivity contribution in [3.8, 4) is 5.75 Å². The molecule has 6 heteroatoms. The Morgan fingerprint density at radius 3 is 2.59 bits per heavy atom. The standard InChI is InChI=1S/C16H18ClF3O2/c17-13-7-10-5-6-21-15(10)11(8-13)9-22-14-3-1-12(2-4-14)16(18,19)20/h7-8,12,14H,1-6,9H2. The van der Waals surface area contributed by atoms with Gasteiger partial charge in [-0.1, -0.05) is 11.6 Å². The van der Waals surface area contributed by atoms with E-state index in [4.69, 9.17) is 21.1 Å². The summed E-state index contributed by atoms with van der Waals surface area (Å²) >= 11 is 6.08. The first-order valence-electron chi connectivity index (χ1n) is 7.56. The number of benzene rings is 1. The Hall–Kier alpha value is -0.940. The second-order valence-electron chi connectivity index (χ2n) is 5.98. The first-order chi connectivity index (χ1) is 10.4. The van der Waals surface area contributed by atoms with Crippen molar-refractivity contribution >= 4 is 11.6 Å². The summed E-state index contributed by atoms with van der Waals surface area (Å²) in [5, 5.41) is 0.642. The number of halogens is 4. The van der Waals surface area contributed by atoms with E-state index < -0.39 is 12.1 Å². The molecule has 1 heterocycles. The second-order valence-corrected chi connectivity index (χ2v) is 6.41. The minimum atomic E-state index is -4.08. The number of rotatable bonds is 3. The molecule has 0 radical (unpaired) electrons. The van der Waals surface area contributed by atoms with Crippen LogP contribution in [0.3, 0.4) is 0 Å². The number of hydrogen-bond acceptors (Lipinski definition) is 2. The molecule has 1 fully saturated rings. The number of hydrogen-bond donors (Lipinski definition) is 0. The van der Waals surface area contributed by atoms with E-state index in [1.807, 2.05) is 12.1 Å². The first kappa shape index (κ1) is 15.9. The molecule has 0 spiro atoms. The maximum atomic E-state index is 12.6. The fourth-order valence-electron chi connectivity index (χ4n) is 3.22. The summed E-state index contributed by atoms with van der Waals surface area (Å²) < 4.78 is 49.3. The average molecular weight is 335 g/mol. The van der Waals surface area contributed by atoms with Crippen LogP contribution in [0.15, 0.2) is 12.1 Å². The molecule has 0 aromatic heterocycles. The van der Waals surface area contributed by atoms with E-state index in [0.29, 0.717) is 31.1 Å². The van der Waals surface area contributed by atoms with E-state index in [0.717, 1.165) is 23.3 Å². The van der Waals surface area contributed by atoms with E-state index in [-0.39, 0.29) is 18.9 Å². The number of alkyl halides is 3. The van der Waals surface area contributed by atoms with E-state index in [1.165, 1.54) is 0 Å². The highest BCUT2D eigenvalue weighted by atomic mass is 35.5. The van der Waals surface area contributed by atoms with E-state index in [2.05, 4.69) is 0 Å². The van der Waals surface area contributed by atoms with Crippen molar-refractivity contribution in [3.05, 3.63) is 28.3 Å². The number of fused-ring (bicyclic) bond motifs is 1. The molecule has 22 heavy (non-hydrogen) atoms. The Morgan fingerprint density at radius 2 is 1.91 bits per heavy atom. The highest BCUT2D eigenvalue weighted by molar-refractivity contribution is 6.30. The molecule has 1 saturated carbocycles. The summed E-state index contributed by atoms with van der Waals surface area (Å²) in [7, 11) is 0. The van der Waals surface area contributed by atoms with Gasteiger partial charge in [-0.15, -0.1) is 0 Å². The highest BCUT2D eigenvalue weighted by Gasteiger charge is 2.41. The van der Waals surface area contributed by atoms with Crippen molar-refractivity contribution in [2.75, 3.05) is 6.61 Å². The largest absolute Gasteiger partial charge is 0.493 e. The monoisotopic (exact) mass is 334 g/mol. The third kappa shape index (κ3) is 3.51. The minimum Gasteiger partial charge on any atom is -0.493 e. The third-order valence-corrected chi connectivity index (χ3v) is 4.66. The predicted octanol–water partition coefficient (Wildman–Crippen LogP) is 4.91. The first-order valence-corrected chi connectivity index (χ1v) is 7.93. The van der Waals surface area contributed by atoms with Crippen molar-refractivity contribution in [2.45, 2.75) is 51.0 Å². The molecule has 0 saturated heterocycles. The summed E-state index contributed by atoms with van der Waals surface area (Å²) in [5.74, 6) is -0.348. The maximum absolute atomic E-state index is 12.6. The molecule has 1 aromatic carbocycles. The quantitative estimate of drug-likeness (QED) is 0.781. The van der Waals surface area contributed by atoms with Gasteiger partial charge in [-0.3, -0.25) is 0 Å². The van der Waals surface area contributed by atoms with E-state index >= 15 is 0 Å². The molecular formula is C16H18ClF3O2. The molecule has 0 amide bonds. The van der Waals surface area contributed by atoms with Crippen molar-refractivity contribution < 1.29 is 22.6 Å². The maximum Gasteiger partial charge on any atom is 0.391 e. The van der Waals surface area contributed by atoms with Gasteiger partial charge in [0.1, 0.15) is 5.75 Å². The van der Waals surface area contributed by atoms with Crippen LogP contribution in [0.4, 0.5) is 13.2 Å². The zero-order chi connectivity index (χ0) is 15.7. The van der Waals surface area contributed by atoms with Gasteiger partial charge in [-0.25, -0.2) is 0 Å². The zero-order valence-corrected chi connectivity index (χ0v) is 12.8. The Balaban J connectivity index is 1.56. The molecule has 0 atom stereocenters. The molecule has 122 valence electrons. The lowest BCUT2D eigenvalue weighted by atomic mass is 9.87. The van der Waals surface area contributed by atoms with Gasteiger partial charge in [0.05, 0.1) is 25.2 Å². The Morgan fingerprint density at radius 1 is 1.18 bits per heavy atom. The average Bonchev–Trinajstić information content (AvgIpc) is 2.92. The van der Waals surface area contributed by atoms with Crippen LogP contribution in [0.2, 0.25) is 5.02 Å². The minimum absolute atomic E-state index is 0.116. The Bertz CT molecular complexity index is 537. The lowest BCUT2D eigenvalue weighted by Crippen LogP contribution is -2.30. The van der Waals surface area contributed by atoms with Crippen molar-refractivity contribution in [2.24, 2.45) is 5.92 Å². The van der Waals surface area contributed by atoms with Gasteiger partial charge in [0.2, 0.25) is 0 Å². The summed E-state index contributed by atoms with van der Waals surface area (Å²) in [6, 6.07) is 3.70. The lowest BCUT2D eigenvalue weighted by molar-refractivity contribution is -0.188. The Kier molecular flexibility index (Phi) is 4.55. The highest BCUT2D eigenvalue weighted by Crippen LogP contribution is 2.39. The summed E-state index contributed by atoms with van der Waals surface area (Å²) in [6.45, 7) is 0.976. The fourth-order valence-corrected chi connectivity index (χ4v) is 3.48. The van der Waals surface area contributed by atoms with Crippen LogP contribution in [0.1, 0.15) is 36.8 Å². The van der Waals surface area contributed by atoms with Gasteiger partial charge >= 0.3 is 6.18 Å². The van der Waals surface area contributed by atoms with Crippen LogP contribution in [0, 0.1) is 5.92 Å². The molecule has 1 aromatic rings. The molecular weight excluding hydrogens is 317 g/mol. The van der Waals surface area contributed by atoms with Gasteiger partial charge in [0, 0.05) is 17.0 Å². The van der Waals surface area contributed by atoms with Crippen molar-refractivity contribution in [1.82, 2.24) is 0 Å². The summed E-state index contributed by atoms with van der Waals surface area (Å²) in [4.78, 5) is 0. The normalized spacial score (nSPS) is 24.9. The van der Waals surface area contributed by atoms with E-state index in [1.54, 1.807) is 0 Å². The van der Waals surface area contributed by atoms with Gasteiger partial charge < -0.3 is 9.47 Å². The van der Waals surface area contributed by atoms with Crippen LogP contribution in [-0.2, 0) is 17.8 Å². The molecule has 2 aliphatic rings. The predicted molar refractivity (Wildman–Crippen MR) is 77.2 cm³/mol. The zero-order valence-electron chi connectivity index (χ0n) is 12.1. The third-order valence-electron chi connectivity index (χ3n) is 4.44. The number of ether oxygens (including phenoxy) is 2. The van der Waals surface area contributed by atoms with Gasteiger partial charge in [-0.05, 0) is 43.4 Å². The van der Waals surface area contributed by atoms with Gasteiger partial charge in [-0.2, -0.15) is 13.2 Å². The summed E-state index contributed by atoms with van der Waals surface area (Å²) in [5.41, 5.74) is 1.96. The Labute approximate surface area is 132 Å². The molecule has 0 N–H and O–H groups in total. The van der Waals surface area contributed by atoms with Crippen LogP contribution >= 0.6 is 11.6 Å². The topological polar surface area (TPSA) is 18.5 Å². The van der Waals surface area contributed by atoms with Crippen LogP contribution < -0.4 is 4.74 Å². The second kappa shape index (κ2) is 6.28.